The van der Waals surface area contributed by atoms with Gasteiger partial charge in [0.2, 0.25) is 0 Å². The van der Waals surface area contributed by atoms with E-state index in [0.29, 0.717) is 19.5 Å². The van der Waals surface area contributed by atoms with Gasteiger partial charge in [0.15, 0.2) is 9.84 Å². The molecule has 8 heteroatoms. The van der Waals surface area contributed by atoms with Crippen LogP contribution in [0.25, 0.3) is 10.9 Å². The lowest BCUT2D eigenvalue weighted by Gasteiger charge is -2.44. The van der Waals surface area contributed by atoms with Crippen molar-refractivity contribution in [2.75, 3.05) is 36.4 Å². The number of nitrogens with zero attached hydrogens (tertiary/aromatic N) is 2. The summed E-state index contributed by atoms with van der Waals surface area (Å²) in [6, 6.07) is 21.4. The number of nitrogens with one attached hydrogen (secondary N) is 2. The van der Waals surface area contributed by atoms with Gasteiger partial charge < -0.3 is 15.2 Å². The largest absolute Gasteiger partial charge is 0.379 e. The van der Waals surface area contributed by atoms with Crippen LogP contribution < -0.4 is 10.2 Å². The summed E-state index contributed by atoms with van der Waals surface area (Å²) in [5, 5.41) is 3.96. The number of sulfone groups is 1. The van der Waals surface area contributed by atoms with Crippen LogP contribution in [0.5, 0.6) is 0 Å². The van der Waals surface area contributed by atoms with Gasteiger partial charge >= 0.3 is 0 Å². The fourth-order valence-electron chi connectivity index (χ4n) is 5.67. The molecule has 3 heterocycles. The van der Waals surface area contributed by atoms with Crippen LogP contribution in [0.1, 0.15) is 12.0 Å². The molecule has 6 nitrogen and oxygen atoms in total. The number of para-hydroxylation sites is 1. The minimum Gasteiger partial charge on any atom is -0.379 e. The second-order valence-corrected chi connectivity index (χ2v) is 11.6. The highest BCUT2D eigenvalue weighted by molar-refractivity contribution is 7.92. The number of piperazine rings is 1. The molecular formula is C28H29FN4O2S. The van der Waals surface area contributed by atoms with Crippen molar-refractivity contribution in [3.05, 3.63) is 90.4 Å². The topological polar surface area (TPSA) is 68.4 Å². The van der Waals surface area contributed by atoms with E-state index in [4.69, 9.17) is 0 Å². The summed E-state index contributed by atoms with van der Waals surface area (Å²) >= 11 is 0. The van der Waals surface area contributed by atoms with Gasteiger partial charge in [0.1, 0.15) is 11.2 Å². The Kier molecular flexibility index (Phi) is 5.93. The summed E-state index contributed by atoms with van der Waals surface area (Å²) in [5.74, 6) is -0.442. The van der Waals surface area contributed by atoms with Crippen molar-refractivity contribution < 1.29 is 12.8 Å². The standard InChI is InChI=1S/C28H29FN4O2S/c29-21-9-11-22(12-10-21)36(34,35)28(26-13-8-20-4-1-2-5-24(20)31-26)33-18-16-32(17-19-33)27-7-3-6-25-23(27)14-15-30-25/h1-7,9-12,14-15,26,28,30-31H,8,13,16-19H2. The summed E-state index contributed by atoms with van der Waals surface area (Å²) in [7, 11) is -3.75. The van der Waals surface area contributed by atoms with Crippen LogP contribution in [-0.2, 0) is 16.3 Å². The molecule has 186 valence electrons. The maximum Gasteiger partial charge on any atom is 0.196 e. The van der Waals surface area contributed by atoms with Crippen LogP contribution in [0.4, 0.5) is 15.8 Å². The number of halogens is 1. The Bertz CT molecular complexity index is 1480. The highest BCUT2D eigenvalue weighted by Crippen LogP contribution is 2.33. The minimum atomic E-state index is -3.75. The summed E-state index contributed by atoms with van der Waals surface area (Å²) < 4.78 is 41.7. The van der Waals surface area contributed by atoms with Crippen LogP contribution in [0.2, 0.25) is 0 Å². The average Bonchev–Trinajstić information content (AvgIpc) is 3.39. The zero-order valence-electron chi connectivity index (χ0n) is 19.9. The number of benzene rings is 3. The third kappa shape index (κ3) is 4.14. The van der Waals surface area contributed by atoms with E-state index in [-0.39, 0.29) is 10.9 Å². The van der Waals surface area contributed by atoms with Crippen molar-refractivity contribution in [2.24, 2.45) is 0 Å². The van der Waals surface area contributed by atoms with Crippen molar-refractivity contribution in [3.63, 3.8) is 0 Å². The number of hydrogen-bond acceptors (Lipinski definition) is 5. The number of fused-ring (bicyclic) bond motifs is 2. The first-order chi connectivity index (χ1) is 17.5. The van der Waals surface area contributed by atoms with Crippen LogP contribution in [0, 0.1) is 5.82 Å². The quantitative estimate of drug-likeness (QED) is 0.387. The number of H-pyrrole nitrogens is 1. The molecule has 0 amide bonds. The molecule has 1 aromatic heterocycles. The van der Waals surface area contributed by atoms with Gasteiger partial charge in [-0.3, -0.25) is 4.90 Å². The maximum absolute atomic E-state index is 14.0. The number of anilines is 2. The Morgan fingerprint density at radius 3 is 2.47 bits per heavy atom. The number of aryl methyl sites for hydroxylation is 1. The third-order valence-corrected chi connectivity index (χ3v) is 9.67. The molecule has 36 heavy (non-hydrogen) atoms. The molecule has 4 aromatic rings. The van der Waals surface area contributed by atoms with E-state index in [9.17, 15) is 12.8 Å². The Hall–Kier alpha value is -3.36. The van der Waals surface area contributed by atoms with E-state index in [2.05, 4.69) is 44.4 Å². The van der Waals surface area contributed by atoms with Crippen molar-refractivity contribution in [1.29, 1.82) is 0 Å². The highest BCUT2D eigenvalue weighted by Gasteiger charge is 2.41. The lowest BCUT2D eigenvalue weighted by atomic mass is 9.97. The molecule has 2 N–H and O–H groups in total. The molecule has 2 aliphatic rings. The van der Waals surface area contributed by atoms with Gasteiger partial charge in [-0.15, -0.1) is 0 Å². The average molecular weight is 505 g/mol. The van der Waals surface area contributed by atoms with Crippen molar-refractivity contribution >= 4 is 32.1 Å². The molecule has 2 atom stereocenters. The number of aromatic nitrogens is 1. The third-order valence-electron chi connectivity index (χ3n) is 7.47. The second kappa shape index (κ2) is 9.26. The molecule has 1 fully saturated rings. The fraction of sp³-hybridized carbons (Fsp3) is 0.286. The van der Waals surface area contributed by atoms with Crippen molar-refractivity contribution in [3.8, 4) is 0 Å². The van der Waals surface area contributed by atoms with E-state index in [1.807, 2.05) is 30.5 Å². The monoisotopic (exact) mass is 504 g/mol. The minimum absolute atomic E-state index is 0.161. The van der Waals surface area contributed by atoms with Gasteiger partial charge in [-0.1, -0.05) is 24.3 Å². The lowest BCUT2D eigenvalue weighted by molar-refractivity contribution is 0.212. The molecule has 3 aromatic carbocycles. The summed E-state index contributed by atoms with van der Waals surface area (Å²) in [4.78, 5) is 7.86. The fourth-order valence-corrected chi connectivity index (χ4v) is 7.70. The van der Waals surface area contributed by atoms with Crippen molar-refractivity contribution in [1.82, 2.24) is 9.88 Å². The van der Waals surface area contributed by atoms with Gasteiger partial charge in [0, 0.05) is 54.7 Å². The van der Waals surface area contributed by atoms with Crippen LogP contribution >= 0.6 is 0 Å². The van der Waals surface area contributed by atoms with Gasteiger partial charge in [0.25, 0.3) is 0 Å². The molecule has 1 saturated heterocycles. The summed E-state index contributed by atoms with van der Waals surface area (Å²) in [5.41, 5.74) is 4.45. The molecule has 2 unspecified atom stereocenters. The van der Waals surface area contributed by atoms with Gasteiger partial charge in [-0.05, 0) is 66.9 Å². The second-order valence-electron chi connectivity index (χ2n) is 9.58. The molecule has 0 spiro atoms. The molecule has 0 aliphatic carbocycles. The summed E-state index contributed by atoms with van der Waals surface area (Å²) in [6.07, 6.45) is 3.48. The Balaban J connectivity index is 1.30. The van der Waals surface area contributed by atoms with E-state index >= 15 is 0 Å². The molecule has 0 radical (unpaired) electrons. The zero-order chi connectivity index (χ0) is 24.7. The maximum atomic E-state index is 14.0. The summed E-state index contributed by atoms with van der Waals surface area (Å²) in [6.45, 7) is 2.68. The van der Waals surface area contributed by atoms with Crippen LogP contribution in [-0.4, -0.2) is 55.9 Å². The van der Waals surface area contributed by atoms with E-state index in [1.54, 1.807) is 0 Å². The lowest BCUT2D eigenvalue weighted by Crippen LogP contribution is -2.58. The van der Waals surface area contributed by atoms with Crippen molar-refractivity contribution in [2.45, 2.75) is 29.2 Å². The van der Waals surface area contributed by atoms with Crippen LogP contribution in [0.15, 0.2) is 83.9 Å². The van der Waals surface area contributed by atoms with E-state index in [1.165, 1.54) is 35.2 Å². The van der Waals surface area contributed by atoms with Gasteiger partial charge in [-0.25, -0.2) is 12.8 Å². The zero-order valence-corrected chi connectivity index (χ0v) is 20.7. The molecular weight excluding hydrogens is 475 g/mol. The Morgan fingerprint density at radius 1 is 0.889 bits per heavy atom. The highest BCUT2D eigenvalue weighted by atomic mass is 32.2. The molecule has 0 saturated carbocycles. The molecule has 0 bridgehead atoms. The SMILES string of the molecule is O=S(=O)(c1ccc(F)cc1)C(C1CCc2ccccc2N1)N1CCN(c2cccc3[nH]ccc23)CC1. The first-order valence-electron chi connectivity index (χ1n) is 12.4. The molecule has 6 rings (SSSR count). The number of aromatic amines is 1. The smallest absolute Gasteiger partial charge is 0.196 e. The Labute approximate surface area is 210 Å². The van der Waals surface area contributed by atoms with Gasteiger partial charge in [-0.2, -0.15) is 0 Å². The predicted molar refractivity (Wildman–Crippen MR) is 142 cm³/mol. The number of hydrogen-bond donors (Lipinski definition) is 2. The van der Waals surface area contributed by atoms with E-state index < -0.39 is 21.0 Å². The molecule has 2 aliphatic heterocycles. The van der Waals surface area contributed by atoms with Crippen LogP contribution in [0.3, 0.4) is 0 Å². The number of rotatable bonds is 5. The first-order valence-corrected chi connectivity index (χ1v) is 13.9. The predicted octanol–water partition coefficient (Wildman–Crippen LogP) is 4.66. The first kappa shape index (κ1) is 23.1. The van der Waals surface area contributed by atoms with Gasteiger partial charge in [0.05, 0.1) is 10.9 Å². The van der Waals surface area contributed by atoms with E-state index in [0.717, 1.165) is 36.4 Å². The normalized spacial score (nSPS) is 19.6. The Morgan fingerprint density at radius 2 is 1.67 bits per heavy atom.